The van der Waals surface area contributed by atoms with Crippen molar-refractivity contribution >= 4 is 35.5 Å². The second-order valence-corrected chi connectivity index (χ2v) is 3.41. The van der Waals surface area contributed by atoms with Gasteiger partial charge in [0.25, 0.3) is 3.60 Å². The van der Waals surface area contributed by atoms with E-state index >= 15 is 0 Å². The van der Waals surface area contributed by atoms with Gasteiger partial charge >= 0.3 is 0 Å². The Bertz CT molecular complexity index is 130. The van der Waals surface area contributed by atoms with E-state index in [1.165, 1.54) is 12.7 Å². The summed E-state index contributed by atoms with van der Waals surface area (Å²) in [6, 6.07) is 0. The second-order valence-electron chi connectivity index (χ2n) is 0.901. The number of oxazole rings is 1. The van der Waals surface area contributed by atoms with Crippen molar-refractivity contribution in [2.24, 2.45) is 0 Å². The Kier molecular flexibility index (Phi) is 5.86. The minimum absolute atomic E-state index is 0.208. The SMILES string of the molecule is O=C(Br)Br.c1cocn1. The summed E-state index contributed by atoms with van der Waals surface area (Å²) in [5.74, 6) is 0. The molecule has 0 spiro atoms. The van der Waals surface area contributed by atoms with Crippen LogP contribution in [0.4, 0.5) is 4.79 Å². The Morgan fingerprint density at radius 2 is 2.11 bits per heavy atom. The van der Waals surface area contributed by atoms with Crippen LogP contribution in [0.15, 0.2) is 23.3 Å². The molecule has 0 saturated heterocycles. The van der Waals surface area contributed by atoms with Crippen molar-refractivity contribution in [2.75, 3.05) is 0 Å². The van der Waals surface area contributed by atoms with Crippen LogP contribution in [0.2, 0.25) is 0 Å². The Balaban J connectivity index is 0.000000148. The minimum Gasteiger partial charge on any atom is -0.452 e. The molecule has 0 aliphatic heterocycles. The highest BCUT2D eigenvalue weighted by Gasteiger charge is 1.70. The monoisotopic (exact) mass is 255 g/mol. The van der Waals surface area contributed by atoms with Gasteiger partial charge in [0.1, 0.15) is 6.26 Å². The normalized spacial score (nSPS) is 7.33. The molecular weight excluding hydrogens is 254 g/mol. The highest BCUT2D eigenvalue weighted by Crippen LogP contribution is 1.93. The molecule has 0 aromatic carbocycles. The molecule has 0 unspecified atom stereocenters. The summed E-state index contributed by atoms with van der Waals surface area (Å²) in [7, 11) is 0. The number of carbonyl (C=O) groups is 1. The van der Waals surface area contributed by atoms with Gasteiger partial charge < -0.3 is 4.42 Å². The lowest BCUT2D eigenvalue weighted by atomic mass is 11.0. The van der Waals surface area contributed by atoms with Crippen molar-refractivity contribution in [1.82, 2.24) is 4.98 Å². The van der Waals surface area contributed by atoms with E-state index < -0.39 is 0 Å². The zero-order valence-corrected chi connectivity index (χ0v) is 7.42. The van der Waals surface area contributed by atoms with Crippen molar-refractivity contribution < 1.29 is 9.21 Å². The predicted molar refractivity (Wildman–Crippen MR) is 39.8 cm³/mol. The van der Waals surface area contributed by atoms with E-state index in [0.717, 1.165) is 0 Å². The molecule has 0 radical (unpaired) electrons. The summed E-state index contributed by atoms with van der Waals surface area (Å²) in [5, 5.41) is 0. The maximum Gasteiger partial charge on any atom is 0.262 e. The largest absolute Gasteiger partial charge is 0.452 e. The summed E-state index contributed by atoms with van der Waals surface area (Å²) in [4.78, 5) is 12.8. The van der Waals surface area contributed by atoms with E-state index in [1.54, 1.807) is 6.20 Å². The van der Waals surface area contributed by atoms with Gasteiger partial charge in [0, 0.05) is 31.9 Å². The molecule has 1 heterocycles. The van der Waals surface area contributed by atoms with E-state index in [1.807, 2.05) is 0 Å². The summed E-state index contributed by atoms with van der Waals surface area (Å²) >= 11 is 5.10. The summed E-state index contributed by atoms with van der Waals surface area (Å²) in [5.41, 5.74) is 0. The smallest absolute Gasteiger partial charge is 0.262 e. The molecule has 0 fully saturated rings. The highest BCUT2D eigenvalue weighted by molar-refractivity contribution is 9.39. The molecule has 0 aliphatic rings. The van der Waals surface area contributed by atoms with Crippen LogP contribution < -0.4 is 0 Å². The molecule has 50 valence electrons. The van der Waals surface area contributed by atoms with Gasteiger partial charge in [-0.3, -0.25) is 4.79 Å². The number of aromatic nitrogens is 1. The molecule has 5 heteroatoms. The first kappa shape index (κ1) is 8.84. The first-order chi connectivity index (χ1) is 4.23. The van der Waals surface area contributed by atoms with E-state index in [0.29, 0.717) is 0 Å². The third kappa shape index (κ3) is 11.4. The molecule has 0 bridgehead atoms. The third-order valence-corrected chi connectivity index (χ3v) is 0.347. The van der Waals surface area contributed by atoms with Crippen LogP contribution in [0.1, 0.15) is 0 Å². The fourth-order valence-corrected chi connectivity index (χ4v) is 0.176. The van der Waals surface area contributed by atoms with E-state index in [9.17, 15) is 4.79 Å². The van der Waals surface area contributed by atoms with Gasteiger partial charge in [-0.2, -0.15) is 0 Å². The van der Waals surface area contributed by atoms with Gasteiger partial charge in [0.05, 0.1) is 6.20 Å². The van der Waals surface area contributed by atoms with Crippen molar-refractivity contribution in [2.45, 2.75) is 0 Å². The fraction of sp³-hybridized carbons (Fsp3) is 0. The van der Waals surface area contributed by atoms with Crippen LogP contribution in [-0.2, 0) is 0 Å². The fourth-order valence-electron chi connectivity index (χ4n) is 0.176. The molecule has 0 amide bonds. The topological polar surface area (TPSA) is 43.1 Å². The molecule has 1 rings (SSSR count). The quantitative estimate of drug-likeness (QED) is 0.670. The molecule has 1 aromatic rings. The number of hydrogen-bond acceptors (Lipinski definition) is 3. The van der Waals surface area contributed by atoms with Gasteiger partial charge in [-0.25, -0.2) is 4.98 Å². The maximum absolute atomic E-state index is 9.28. The number of halogens is 2. The van der Waals surface area contributed by atoms with Crippen LogP contribution in [0, 0.1) is 0 Å². The molecule has 0 aliphatic carbocycles. The summed E-state index contributed by atoms with van der Waals surface area (Å²) < 4.78 is 4.26. The predicted octanol–water partition coefficient (Wildman–Crippen LogP) is 2.57. The van der Waals surface area contributed by atoms with Crippen LogP contribution in [0.3, 0.4) is 0 Å². The minimum atomic E-state index is -0.208. The van der Waals surface area contributed by atoms with Crippen LogP contribution >= 0.6 is 31.9 Å². The first-order valence-electron chi connectivity index (χ1n) is 1.90. The van der Waals surface area contributed by atoms with Crippen molar-refractivity contribution in [3.63, 3.8) is 0 Å². The number of nitrogens with zero attached hydrogens (tertiary/aromatic N) is 1. The standard InChI is InChI=1S/C3H3NO.CBr2O/c1-2-5-3-4-1;2-1(3)4/h1-3H;. The van der Waals surface area contributed by atoms with E-state index in [2.05, 4.69) is 41.3 Å². The van der Waals surface area contributed by atoms with Crippen LogP contribution in [0.25, 0.3) is 0 Å². The molecule has 1 aromatic heterocycles. The number of hydrogen-bond donors (Lipinski definition) is 0. The lowest BCUT2D eigenvalue weighted by molar-refractivity contribution is 0.278. The van der Waals surface area contributed by atoms with Gasteiger partial charge in [0.2, 0.25) is 0 Å². The summed E-state index contributed by atoms with van der Waals surface area (Å²) in [6.45, 7) is 0. The second kappa shape index (κ2) is 5.97. The van der Waals surface area contributed by atoms with Crippen molar-refractivity contribution in [3.8, 4) is 0 Å². The van der Waals surface area contributed by atoms with Crippen LogP contribution in [0.5, 0.6) is 0 Å². The third-order valence-electron chi connectivity index (χ3n) is 0.347. The zero-order valence-electron chi connectivity index (χ0n) is 4.25. The molecule has 3 nitrogen and oxygen atoms in total. The van der Waals surface area contributed by atoms with Gasteiger partial charge in [-0.15, -0.1) is 0 Å². The Labute approximate surface area is 68.7 Å². The molecule has 0 N–H and O–H groups in total. The Hall–Kier alpha value is -0.160. The molecular formula is C4H3Br2NO2. The van der Waals surface area contributed by atoms with Gasteiger partial charge in [-0.05, 0) is 0 Å². The number of rotatable bonds is 0. The van der Waals surface area contributed by atoms with Crippen LogP contribution in [-0.4, -0.2) is 8.59 Å². The van der Waals surface area contributed by atoms with Gasteiger partial charge in [-0.1, -0.05) is 0 Å². The first-order valence-corrected chi connectivity index (χ1v) is 3.49. The Morgan fingerprint density at radius 1 is 1.56 bits per heavy atom. The van der Waals surface area contributed by atoms with E-state index in [-0.39, 0.29) is 3.60 Å². The lowest BCUT2D eigenvalue weighted by Gasteiger charge is -1.49. The average Bonchev–Trinajstić information content (AvgIpc) is 2.11. The van der Waals surface area contributed by atoms with Crippen molar-refractivity contribution in [3.05, 3.63) is 18.9 Å². The molecule has 0 atom stereocenters. The molecule has 0 saturated carbocycles. The van der Waals surface area contributed by atoms with Gasteiger partial charge in [0.15, 0.2) is 6.39 Å². The average molecular weight is 257 g/mol. The lowest BCUT2D eigenvalue weighted by Crippen LogP contribution is -1.42. The Morgan fingerprint density at radius 3 is 2.22 bits per heavy atom. The maximum atomic E-state index is 9.28. The highest BCUT2D eigenvalue weighted by atomic mass is 79.9. The summed E-state index contributed by atoms with van der Waals surface area (Å²) in [6.07, 6.45) is 4.47. The van der Waals surface area contributed by atoms with E-state index in [4.69, 9.17) is 0 Å². The van der Waals surface area contributed by atoms with Crippen molar-refractivity contribution in [1.29, 1.82) is 0 Å². The zero-order chi connectivity index (χ0) is 7.11. The molecule has 9 heavy (non-hydrogen) atoms. The number of carbonyl (C=O) groups excluding carboxylic acids is 1.